The van der Waals surface area contributed by atoms with Crippen molar-refractivity contribution in [3.8, 4) is 28.7 Å². The summed E-state index contributed by atoms with van der Waals surface area (Å²) in [4.78, 5) is 13.8. The summed E-state index contributed by atoms with van der Waals surface area (Å²) in [5, 5.41) is 3.20. The number of carbonyl (C=O) groups excluding carboxylic acids is 1. The van der Waals surface area contributed by atoms with Gasteiger partial charge in [0.25, 0.3) is 0 Å². The Hall–Kier alpha value is -3.93. The van der Waals surface area contributed by atoms with Crippen molar-refractivity contribution in [3.05, 3.63) is 65.7 Å². The summed E-state index contributed by atoms with van der Waals surface area (Å²) in [6.45, 7) is 0. The first kappa shape index (κ1) is 21.3. The highest BCUT2D eigenvalue weighted by Crippen LogP contribution is 2.42. The van der Waals surface area contributed by atoms with Gasteiger partial charge in [-0.15, -0.1) is 0 Å². The van der Waals surface area contributed by atoms with Crippen LogP contribution in [0.4, 0.5) is 0 Å². The van der Waals surface area contributed by atoms with Crippen LogP contribution in [0.25, 0.3) is 21.5 Å². The Morgan fingerprint density at radius 3 is 1.84 bits per heavy atom. The summed E-state index contributed by atoms with van der Waals surface area (Å²) in [5.74, 6) is 2.77. The molecule has 0 amide bonds. The van der Waals surface area contributed by atoms with Gasteiger partial charge in [-0.25, -0.2) is 0 Å². The van der Waals surface area contributed by atoms with Gasteiger partial charge in [-0.05, 0) is 35.7 Å². The zero-order valence-electron chi connectivity index (χ0n) is 18.6. The third-order valence-electron chi connectivity index (χ3n) is 5.51. The van der Waals surface area contributed by atoms with Crippen molar-refractivity contribution in [2.45, 2.75) is 0 Å². The number of carbonyl (C=O) groups is 1. The van der Waals surface area contributed by atoms with Gasteiger partial charge >= 0.3 is 0 Å². The second-order valence-corrected chi connectivity index (χ2v) is 7.17. The van der Waals surface area contributed by atoms with Gasteiger partial charge in [0.05, 0.1) is 35.5 Å². The van der Waals surface area contributed by atoms with Gasteiger partial charge in [-0.1, -0.05) is 12.1 Å². The SMILES string of the molecule is COc1cc(OC)cc(C(=O)c2cc3cccc(OC)c3c3c(OC)cc(OC)cc23)c1. The predicted molar refractivity (Wildman–Crippen MR) is 124 cm³/mol. The molecule has 0 N–H and O–H groups in total. The van der Waals surface area contributed by atoms with E-state index in [4.69, 9.17) is 23.7 Å². The van der Waals surface area contributed by atoms with Crippen molar-refractivity contribution in [2.75, 3.05) is 35.5 Å². The van der Waals surface area contributed by atoms with E-state index in [1.807, 2.05) is 30.3 Å². The molecule has 0 unspecified atom stereocenters. The van der Waals surface area contributed by atoms with Crippen LogP contribution in [0.5, 0.6) is 28.7 Å². The maximum absolute atomic E-state index is 13.8. The van der Waals surface area contributed by atoms with Crippen LogP contribution in [0.3, 0.4) is 0 Å². The summed E-state index contributed by atoms with van der Waals surface area (Å²) < 4.78 is 27.5. The summed E-state index contributed by atoms with van der Waals surface area (Å²) in [6.07, 6.45) is 0. The molecule has 0 bridgehead atoms. The van der Waals surface area contributed by atoms with Crippen LogP contribution in [0.1, 0.15) is 15.9 Å². The van der Waals surface area contributed by atoms with E-state index in [0.717, 1.165) is 16.2 Å². The van der Waals surface area contributed by atoms with Gasteiger partial charge in [0.1, 0.15) is 28.7 Å². The summed E-state index contributed by atoms with van der Waals surface area (Å²) in [6, 6.07) is 16.4. The molecular weight excluding hydrogens is 408 g/mol. The van der Waals surface area contributed by atoms with Crippen LogP contribution in [-0.4, -0.2) is 41.3 Å². The van der Waals surface area contributed by atoms with Gasteiger partial charge in [0, 0.05) is 39.4 Å². The molecule has 0 heterocycles. The minimum Gasteiger partial charge on any atom is -0.497 e. The van der Waals surface area contributed by atoms with E-state index >= 15 is 0 Å². The van der Waals surface area contributed by atoms with Crippen molar-refractivity contribution in [1.82, 2.24) is 0 Å². The third kappa shape index (κ3) is 3.54. The maximum atomic E-state index is 13.8. The molecule has 0 aliphatic heterocycles. The molecule has 0 radical (unpaired) electrons. The molecule has 4 aromatic rings. The maximum Gasteiger partial charge on any atom is 0.193 e. The predicted octanol–water partition coefficient (Wildman–Crippen LogP) is 5.27. The van der Waals surface area contributed by atoms with Crippen molar-refractivity contribution >= 4 is 27.3 Å². The van der Waals surface area contributed by atoms with Gasteiger partial charge in [0.2, 0.25) is 0 Å². The Kier molecular flexibility index (Phi) is 5.77. The van der Waals surface area contributed by atoms with E-state index < -0.39 is 0 Å². The molecule has 4 aromatic carbocycles. The lowest BCUT2D eigenvalue weighted by Crippen LogP contribution is -2.05. The Morgan fingerprint density at radius 1 is 0.625 bits per heavy atom. The molecule has 0 aromatic heterocycles. The van der Waals surface area contributed by atoms with Gasteiger partial charge < -0.3 is 23.7 Å². The highest BCUT2D eigenvalue weighted by atomic mass is 16.5. The van der Waals surface area contributed by atoms with E-state index in [9.17, 15) is 4.79 Å². The van der Waals surface area contributed by atoms with Crippen LogP contribution < -0.4 is 23.7 Å². The molecule has 4 rings (SSSR count). The molecular formula is C26H24O6. The lowest BCUT2D eigenvalue weighted by Gasteiger charge is -2.17. The van der Waals surface area contributed by atoms with Crippen LogP contribution in [0.15, 0.2) is 54.6 Å². The fourth-order valence-corrected chi connectivity index (χ4v) is 3.96. The lowest BCUT2D eigenvalue weighted by atomic mass is 9.91. The van der Waals surface area contributed by atoms with E-state index in [1.165, 1.54) is 0 Å². The van der Waals surface area contributed by atoms with E-state index in [0.29, 0.717) is 45.3 Å². The highest BCUT2D eigenvalue weighted by molar-refractivity contribution is 6.24. The number of ketones is 1. The topological polar surface area (TPSA) is 63.2 Å². The first-order valence-electron chi connectivity index (χ1n) is 9.97. The monoisotopic (exact) mass is 432 g/mol. The summed E-state index contributed by atoms with van der Waals surface area (Å²) >= 11 is 0. The first-order chi connectivity index (χ1) is 15.5. The Labute approximate surface area is 186 Å². The largest absolute Gasteiger partial charge is 0.497 e. The van der Waals surface area contributed by atoms with E-state index in [1.54, 1.807) is 59.8 Å². The van der Waals surface area contributed by atoms with Crippen molar-refractivity contribution < 1.29 is 28.5 Å². The second kappa shape index (κ2) is 8.67. The number of benzene rings is 4. The minimum absolute atomic E-state index is 0.174. The number of hydrogen-bond acceptors (Lipinski definition) is 6. The molecule has 0 spiro atoms. The molecule has 0 aliphatic rings. The molecule has 32 heavy (non-hydrogen) atoms. The summed E-state index contributed by atoms with van der Waals surface area (Å²) in [5.41, 5.74) is 0.958. The smallest absolute Gasteiger partial charge is 0.193 e. The number of methoxy groups -OCH3 is 5. The molecule has 0 saturated heterocycles. The fourth-order valence-electron chi connectivity index (χ4n) is 3.96. The Morgan fingerprint density at radius 2 is 1.25 bits per heavy atom. The Bertz CT molecular complexity index is 1300. The molecule has 0 aliphatic carbocycles. The first-order valence-corrected chi connectivity index (χ1v) is 9.97. The standard InChI is InChI=1S/C26H24O6/c1-28-17-9-16(10-18(12-17)29-2)26(27)21-11-15-7-6-8-22(31-4)24(15)25-20(21)13-19(30-3)14-23(25)32-5/h6-14H,1-5H3. The molecule has 0 fully saturated rings. The quantitative estimate of drug-likeness (QED) is 0.293. The van der Waals surface area contributed by atoms with Gasteiger partial charge in [-0.3, -0.25) is 4.79 Å². The van der Waals surface area contributed by atoms with Crippen LogP contribution >= 0.6 is 0 Å². The third-order valence-corrected chi connectivity index (χ3v) is 5.51. The molecule has 164 valence electrons. The molecule has 6 nitrogen and oxygen atoms in total. The normalized spacial score (nSPS) is 10.8. The van der Waals surface area contributed by atoms with E-state index in [2.05, 4.69) is 0 Å². The minimum atomic E-state index is -0.174. The summed E-state index contributed by atoms with van der Waals surface area (Å²) in [7, 11) is 7.90. The number of fused-ring (bicyclic) bond motifs is 3. The Balaban J connectivity index is 2.10. The highest BCUT2D eigenvalue weighted by Gasteiger charge is 2.21. The lowest BCUT2D eigenvalue weighted by molar-refractivity contribution is 0.103. The molecule has 0 saturated carbocycles. The van der Waals surface area contributed by atoms with Crippen LogP contribution in [-0.2, 0) is 0 Å². The number of rotatable bonds is 7. The van der Waals surface area contributed by atoms with Crippen LogP contribution in [0.2, 0.25) is 0 Å². The zero-order chi connectivity index (χ0) is 22.8. The number of ether oxygens (including phenoxy) is 5. The van der Waals surface area contributed by atoms with Crippen molar-refractivity contribution in [3.63, 3.8) is 0 Å². The second-order valence-electron chi connectivity index (χ2n) is 7.17. The fraction of sp³-hybridized carbons (Fsp3) is 0.192. The zero-order valence-corrected chi connectivity index (χ0v) is 18.6. The average molecular weight is 432 g/mol. The van der Waals surface area contributed by atoms with Crippen LogP contribution in [0, 0.1) is 0 Å². The van der Waals surface area contributed by atoms with Crippen molar-refractivity contribution in [1.29, 1.82) is 0 Å². The van der Waals surface area contributed by atoms with Crippen molar-refractivity contribution in [2.24, 2.45) is 0 Å². The van der Waals surface area contributed by atoms with Gasteiger partial charge in [0.15, 0.2) is 5.78 Å². The average Bonchev–Trinajstić information content (AvgIpc) is 2.85. The molecule has 0 atom stereocenters. The molecule has 6 heteroatoms. The van der Waals surface area contributed by atoms with E-state index in [-0.39, 0.29) is 5.78 Å². The number of hydrogen-bond donors (Lipinski definition) is 0. The van der Waals surface area contributed by atoms with Gasteiger partial charge in [-0.2, -0.15) is 0 Å².